The van der Waals surface area contributed by atoms with Gasteiger partial charge in [0.25, 0.3) is 0 Å². The van der Waals surface area contributed by atoms with Crippen molar-refractivity contribution in [2.24, 2.45) is 0 Å². The highest BCUT2D eigenvalue weighted by atomic mass is 32.1. The average molecular weight is 341 g/mol. The van der Waals surface area contributed by atoms with Crippen LogP contribution < -0.4 is 15.4 Å². The molecule has 0 unspecified atom stereocenters. The Balaban J connectivity index is 1.65. The fourth-order valence-corrected chi connectivity index (χ4v) is 4.00. The zero-order valence-electron chi connectivity index (χ0n) is 13.5. The van der Waals surface area contributed by atoms with Gasteiger partial charge in [-0.3, -0.25) is 4.79 Å². The van der Waals surface area contributed by atoms with Crippen molar-refractivity contribution in [1.29, 1.82) is 5.26 Å². The maximum absolute atomic E-state index is 12.3. The number of hydrogen-bond donors (Lipinski definition) is 2. The highest BCUT2D eigenvalue weighted by Gasteiger charge is 2.21. The summed E-state index contributed by atoms with van der Waals surface area (Å²) in [5.41, 5.74) is 2.77. The van der Waals surface area contributed by atoms with Crippen LogP contribution in [0.15, 0.2) is 24.3 Å². The van der Waals surface area contributed by atoms with Crippen LogP contribution >= 0.6 is 11.3 Å². The molecule has 1 aromatic carbocycles. The number of methoxy groups -OCH3 is 1. The van der Waals surface area contributed by atoms with Gasteiger partial charge in [-0.1, -0.05) is 12.1 Å². The van der Waals surface area contributed by atoms with E-state index in [-0.39, 0.29) is 5.91 Å². The number of nitrogens with one attached hydrogen (secondary N) is 2. The van der Waals surface area contributed by atoms with Crippen molar-refractivity contribution < 1.29 is 9.53 Å². The first-order valence-electron chi connectivity index (χ1n) is 7.89. The third-order valence-electron chi connectivity index (χ3n) is 4.07. The van der Waals surface area contributed by atoms with Crippen molar-refractivity contribution in [1.82, 2.24) is 5.32 Å². The van der Waals surface area contributed by atoms with Gasteiger partial charge >= 0.3 is 0 Å². The van der Waals surface area contributed by atoms with E-state index in [1.165, 1.54) is 11.3 Å². The average Bonchev–Trinajstić information content (AvgIpc) is 2.97. The Morgan fingerprint density at radius 1 is 1.50 bits per heavy atom. The number of carbonyl (C=O) groups is 1. The fraction of sp³-hybridized carbons (Fsp3) is 0.333. The van der Waals surface area contributed by atoms with E-state index in [1.54, 1.807) is 7.11 Å². The molecule has 6 heteroatoms. The molecule has 3 rings (SSSR count). The molecule has 0 aliphatic carbocycles. The second-order valence-electron chi connectivity index (χ2n) is 5.65. The number of ether oxygens (including phenoxy) is 1. The lowest BCUT2D eigenvalue weighted by atomic mass is 10.0. The molecule has 2 aromatic rings. The molecular formula is C18H19N3O2S. The molecule has 0 atom stereocenters. The lowest BCUT2D eigenvalue weighted by molar-refractivity contribution is -0.116. The summed E-state index contributed by atoms with van der Waals surface area (Å²) in [5, 5.41) is 16.3. The number of benzene rings is 1. The second kappa shape index (κ2) is 7.47. The highest BCUT2D eigenvalue weighted by Crippen LogP contribution is 2.34. The molecule has 0 saturated carbocycles. The zero-order chi connectivity index (χ0) is 16.9. The number of fused-ring (bicyclic) bond motifs is 1. The number of carbonyl (C=O) groups excluding carboxylic acids is 1. The van der Waals surface area contributed by atoms with Crippen molar-refractivity contribution >= 4 is 22.2 Å². The second-order valence-corrected chi connectivity index (χ2v) is 6.75. The molecule has 5 nitrogen and oxygen atoms in total. The number of anilines is 1. The predicted molar refractivity (Wildman–Crippen MR) is 94.4 cm³/mol. The first-order chi connectivity index (χ1) is 11.7. The third-order valence-corrected chi connectivity index (χ3v) is 5.22. The van der Waals surface area contributed by atoms with E-state index in [0.29, 0.717) is 23.4 Å². The van der Waals surface area contributed by atoms with Gasteiger partial charge < -0.3 is 15.4 Å². The van der Waals surface area contributed by atoms with E-state index in [4.69, 9.17) is 4.74 Å². The summed E-state index contributed by atoms with van der Waals surface area (Å²) in [5.74, 6) is 0.721. The minimum atomic E-state index is -0.0686. The molecular weight excluding hydrogens is 322 g/mol. The number of thiophene rings is 1. The molecule has 0 spiro atoms. The lowest BCUT2D eigenvalue weighted by Gasteiger charge is -2.11. The Labute approximate surface area is 145 Å². The summed E-state index contributed by atoms with van der Waals surface area (Å²) in [6, 6.07) is 9.96. The molecule has 0 fully saturated rings. The number of nitriles is 1. The molecule has 124 valence electrons. The lowest BCUT2D eigenvalue weighted by Crippen LogP contribution is -2.22. The largest absolute Gasteiger partial charge is 0.497 e. The molecule has 0 radical (unpaired) electrons. The van der Waals surface area contributed by atoms with Crippen LogP contribution in [0.5, 0.6) is 5.75 Å². The van der Waals surface area contributed by atoms with E-state index in [1.807, 2.05) is 24.3 Å². The number of aryl methyl sites for hydroxylation is 1. The quantitative estimate of drug-likeness (QED) is 0.877. The van der Waals surface area contributed by atoms with Crippen LogP contribution in [0.4, 0.5) is 5.00 Å². The van der Waals surface area contributed by atoms with Crippen LogP contribution in [0.3, 0.4) is 0 Å². The summed E-state index contributed by atoms with van der Waals surface area (Å²) in [6.45, 7) is 1.65. The monoisotopic (exact) mass is 341 g/mol. The summed E-state index contributed by atoms with van der Waals surface area (Å²) in [6.07, 6.45) is 1.85. The molecule has 0 saturated heterocycles. The molecule has 24 heavy (non-hydrogen) atoms. The SMILES string of the molecule is COc1cccc(CCC(=O)Nc2sc3c(c2C#N)CCNC3)c1. The van der Waals surface area contributed by atoms with Gasteiger partial charge in [0.1, 0.15) is 16.8 Å². The Hall–Kier alpha value is -2.36. The van der Waals surface area contributed by atoms with Gasteiger partial charge in [-0.25, -0.2) is 0 Å². The highest BCUT2D eigenvalue weighted by molar-refractivity contribution is 7.16. The topological polar surface area (TPSA) is 74.1 Å². The minimum Gasteiger partial charge on any atom is -0.497 e. The standard InChI is InChI=1S/C18H19N3O2S/c1-23-13-4-2-3-12(9-13)5-6-17(22)21-18-15(10-19)14-7-8-20-11-16(14)24-18/h2-4,9,20H,5-8,11H2,1H3,(H,21,22). The molecule has 1 amide bonds. The van der Waals surface area contributed by atoms with Gasteiger partial charge in [0, 0.05) is 17.8 Å². The van der Waals surface area contributed by atoms with Gasteiger partial charge in [0.15, 0.2) is 0 Å². The summed E-state index contributed by atoms with van der Waals surface area (Å²) in [4.78, 5) is 13.4. The number of rotatable bonds is 5. The fourth-order valence-electron chi connectivity index (χ4n) is 2.82. The van der Waals surface area contributed by atoms with Crippen molar-refractivity contribution in [2.45, 2.75) is 25.8 Å². The molecule has 0 bridgehead atoms. The van der Waals surface area contributed by atoms with Crippen molar-refractivity contribution in [2.75, 3.05) is 19.0 Å². The van der Waals surface area contributed by atoms with Crippen molar-refractivity contribution in [3.05, 3.63) is 45.8 Å². The predicted octanol–water partition coefficient (Wildman–Crippen LogP) is 2.85. The normalized spacial score (nSPS) is 13.0. The van der Waals surface area contributed by atoms with Crippen LogP contribution in [0, 0.1) is 11.3 Å². The van der Waals surface area contributed by atoms with Crippen molar-refractivity contribution in [3.8, 4) is 11.8 Å². The van der Waals surface area contributed by atoms with E-state index in [0.717, 1.165) is 41.3 Å². The first kappa shape index (κ1) is 16.5. The molecule has 1 aliphatic rings. The third kappa shape index (κ3) is 3.58. The summed E-state index contributed by atoms with van der Waals surface area (Å²) in [7, 11) is 1.63. The van der Waals surface area contributed by atoms with E-state index >= 15 is 0 Å². The number of amides is 1. The Kier molecular flexibility index (Phi) is 5.14. The van der Waals surface area contributed by atoms with Crippen molar-refractivity contribution in [3.63, 3.8) is 0 Å². The van der Waals surface area contributed by atoms with Gasteiger partial charge in [0.05, 0.1) is 12.7 Å². The Morgan fingerprint density at radius 2 is 2.38 bits per heavy atom. The molecule has 2 N–H and O–H groups in total. The van der Waals surface area contributed by atoms with Crippen LogP contribution in [-0.4, -0.2) is 19.6 Å². The zero-order valence-corrected chi connectivity index (χ0v) is 14.3. The van der Waals surface area contributed by atoms with Gasteiger partial charge in [-0.15, -0.1) is 11.3 Å². The van der Waals surface area contributed by atoms with Crippen LogP contribution in [0.25, 0.3) is 0 Å². The van der Waals surface area contributed by atoms with Gasteiger partial charge in [-0.2, -0.15) is 5.26 Å². The molecule has 2 heterocycles. The van der Waals surface area contributed by atoms with E-state index < -0.39 is 0 Å². The molecule has 1 aromatic heterocycles. The number of nitrogens with zero attached hydrogens (tertiary/aromatic N) is 1. The van der Waals surface area contributed by atoms with E-state index in [2.05, 4.69) is 16.7 Å². The van der Waals surface area contributed by atoms with Crippen LogP contribution in [0.2, 0.25) is 0 Å². The summed E-state index contributed by atoms with van der Waals surface area (Å²) < 4.78 is 5.19. The molecule has 1 aliphatic heterocycles. The minimum absolute atomic E-state index is 0.0686. The van der Waals surface area contributed by atoms with Gasteiger partial charge in [-0.05, 0) is 42.6 Å². The van der Waals surface area contributed by atoms with Gasteiger partial charge in [0.2, 0.25) is 5.91 Å². The van der Waals surface area contributed by atoms with E-state index in [9.17, 15) is 10.1 Å². The maximum Gasteiger partial charge on any atom is 0.225 e. The number of hydrogen-bond acceptors (Lipinski definition) is 5. The smallest absolute Gasteiger partial charge is 0.225 e. The Morgan fingerprint density at radius 3 is 3.17 bits per heavy atom. The summed E-state index contributed by atoms with van der Waals surface area (Å²) >= 11 is 1.51. The van der Waals surface area contributed by atoms with Crippen LogP contribution in [0.1, 0.15) is 28.0 Å². The Bertz CT molecular complexity index is 792. The first-order valence-corrected chi connectivity index (χ1v) is 8.71. The maximum atomic E-state index is 12.3. The van der Waals surface area contributed by atoms with Crippen LogP contribution in [-0.2, 0) is 24.2 Å².